The van der Waals surface area contributed by atoms with Crippen molar-refractivity contribution in [1.29, 1.82) is 0 Å². The fraction of sp³-hybridized carbons (Fsp3) is 0.429. The zero-order valence-electron chi connectivity index (χ0n) is 12.9. The zero-order valence-corrected chi connectivity index (χ0v) is 12.9. The van der Waals surface area contributed by atoms with E-state index in [0.29, 0.717) is 24.8 Å². The summed E-state index contributed by atoms with van der Waals surface area (Å²) in [4.78, 5) is 16.3. The van der Waals surface area contributed by atoms with E-state index in [1.54, 1.807) is 18.6 Å². The van der Waals surface area contributed by atoms with Gasteiger partial charge in [0.05, 0.1) is 0 Å². The average molecular weight is 302 g/mol. The second-order valence-corrected chi connectivity index (χ2v) is 5.22. The lowest BCUT2D eigenvalue weighted by molar-refractivity contribution is 0.687. The zero-order chi connectivity index (χ0) is 15.8. The molecule has 8 nitrogen and oxygen atoms in total. The van der Waals surface area contributed by atoms with Crippen LogP contribution in [0.3, 0.4) is 0 Å². The molecule has 118 valence electrons. The minimum absolute atomic E-state index is 0.259. The second kappa shape index (κ2) is 7.96. The predicted octanol–water partition coefficient (Wildman–Crippen LogP) is 1.44. The molecule has 22 heavy (non-hydrogen) atoms. The first-order chi connectivity index (χ1) is 10.6. The summed E-state index contributed by atoms with van der Waals surface area (Å²) in [5, 5.41) is 9.66. The Hall–Kier alpha value is -2.64. The Kier molecular flexibility index (Phi) is 5.70. The maximum Gasteiger partial charge on any atom is 0.221 e. The minimum atomic E-state index is 0.259. The number of nitrogens with zero attached hydrogens (tertiary/aromatic N) is 4. The van der Waals surface area contributed by atoms with Gasteiger partial charge in [-0.3, -0.25) is 0 Å². The van der Waals surface area contributed by atoms with Crippen LogP contribution in [0.15, 0.2) is 24.7 Å². The van der Waals surface area contributed by atoms with Crippen molar-refractivity contribution >= 4 is 23.4 Å². The van der Waals surface area contributed by atoms with Gasteiger partial charge >= 0.3 is 0 Å². The van der Waals surface area contributed by atoms with E-state index in [0.717, 1.165) is 18.2 Å². The number of nitrogens with two attached hydrogens (primary N) is 1. The van der Waals surface area contributed by atoms with Gasteiger partial charge in [0.15, 0.2) is 0 Å². The Balaban J connectivity index is 1.75. The molecular formula is C14H22N8. The van der Waals surface area contributed by atoms with Crippen LogP contribution in [0.25, 0.3) is 0 Å². The fourth-order valence-corrected chi connectivity index (χ4v) is 1.71. The molecule has 0 unspecified atom stereocenters. The predicted molar refractivity (Wildman–Crippen MR) is 88.8 cm³/mol. The monoisotopic (exact) mass is 302 g/mol. The lowest BCUT2D eigenvalue weighted by Crippen LogP contribution is -2.16. The third-order valence-corrected chi connectivity index (χ3v) is 2.77. The van der Waals surface area contributed by atoms with Crippen molar-refractivity contribution in [1.82, 2.24) is 19.9 Å². The molecule has 2 aromatic rings. The third kappa shape index (κ3) is 5.39. The van der Waals surface area contributed by atoms with Gasteiger partial charge in [0.1, 0.15) is 23.8 Å². The minimum Gasteiger partial charge on any atom is -0.370 e. The number of nitrogens with one attached hydrogen (secondary N) is 3. The SMILES string of the molecule is CC(C)CNc1cc(NCCNc2ccnc(N)n2)ncn1. The lowest BCUT2D eigenvalue weighted by Gasteiger charge is -2.10. The molecular weight excluding hydrogens is 280 g/mol. The normalized spacial score (nSPS) is 10.5. The molecule has 2 aromatic heterocycles. The van der Waals surface area contributed by atoms with Crippen LogP contribution in [-0.4, -0.2) is 39.6 Å². The summed E-state index contributed by atoms with van der Waals surface area (Å²) < 4.78 is 0. The highest BCUT2D eigenvalue weighted by Gasteiger charge is 2.00. The third-order valence-electron chi connectivity index (χ3n) is 2.77. The van der Waals surface area contributed by atoms with Gasteiger partial charge in [0.25, 0.3) is 0 Å². The van der Waals surface area contributed by atoms with Gasteiger partial charge in [-0.25, -0.2) is 15.0 Å². The largest absolute Gasteiger partial charge is 0.370 e. The molecule has 0 aliphatic carbocycles. The van der Waals surface area contributed by atoms with Crippen molar-refractivity contribution in [3.8, 4) is 0 Å². The van der Waals surface area contributed by atoms with Gasteiger partial charge in [-0.15, -0.1) is 0 Å². The van der Waals surface area contributed by atoms with Crippen LogP contribution >= 0.6 is 0 Å². The number of hydrogen-bond acceptors (Lipinski definition) is 8. The maximum atomic E-state index is 5.52. The molecule has 0 radical (unpaired) electrons. The molecule has 2 heterocycles. The van der Waals surface area contributed by atoms with Crippen LogP contribution < -0.4 is 21.7 Å². The van der Waals surface area contributed by atoms with E-state index >= 15 is 0 Å². The quantitative estimate of drug-likeness (QED) is 0.542. The molecule has 0 fully saturated rings. The Bertz CT molecular complexity index is 587. The Labute approximate surface area is 130 Å². The molecule has 0 saturated heterocycles. The van der Waals surface area contributed by atoms with E-state index in [2.05, 4.69) is 49.7 Å². The summed E-state index contributed by atoms with van der Waals surface area (Å²) in [5.74, 6) is 3.13. The summed E-state index contributed by atoms with van der Waals surface area (Å²) in [6.07, 6.45) is 3.17. The number of rotatable bonds is 8. The van der Waals surface area contributed by atoms with E-state index in [4.69, 9.17) is 5.73 Å². The van der Waals surface area contributed by atoms with Crippen LogP contribution in [0.5, 0.6) is 0 Å². The summed E-state index contributed by atoms with van der Waals surface area (Å²) >= 11 is 0. The van der Waals surface area contributed by atoms with Crippen LogP contribution in [0.1, 0.15) is 13.8 Å². The van der Waals surface area contributed by atoms with Gasteiger partial charge in [-0.2, -0.15) is 4.98 Å². The molecule has 5 N–H and O–H groups in total. The first-order valence-electron chi connectivity index (χ1n) is 7.25. The van der Waals surface area contributed by atoms with E-state index in [1.165, 1.54) is 0 Å². The van der Waals surface area contributed by atoms with Crippen molar-refractivity contribution in [2.45, 2.75) is 13.8 Å². The highest BCUT2D eigenvalue weighted by atomic mass is 15.1. The molecule has 8 heteroatoms. The summed E-state index contributed by atoms with van der Waals surface area (Å²) in [6, 6.07) is 3.67. The number of nitrogen functional groups attached to an aromatic ring is 1. The molecule has 0 aromatic carbocycles. The average Bonchev–Trinajstić information content (AvgIpc) is 2.50. The molecule has 0 aliphatic heterocycles. The molecule has 0 saturated carbocycles. The Morgan fingerprint density at radius 2 is 1.68 bits per heavy atom. The number of aromatic nitrogens is 4. The van der Waals surface area contributed by atoms with Crippen LogP contribution in [-0.2, 0) is 0 Å². The number of hydrogen-bond donors (Lipinski definition) is 4. The Morgan fingerprint density at radius 1 is 1.00 bits per heavy atom. The van der Waals surface area contributed by atoms with Gasteiger partial charge < -0.3 is 21.7 Å². The van der Waals surface area contributed by atoms with Crippen molar-refractivity contribution in [2.24, 2.45) is 5.92 Å². The smallest absolute Gasteiger partial charge is 0.221 e. The molecule has 2 rings (SSSR count). The van der Waals surface area contributed by atoms with Crippen LogP contribution in [0, 0.1) is 5.92 Å². The highest BCUT2D eigenvalue weighted by Crippen LogP contribution is 2.09. The van der Waals surface area contributed by atoms with E-state index in [1.807, 2.05) is 6.07 Å². The summed E-state index contributed by atoms with van der Waals surface area (Å²) in [7, 11) is 0. The first kappa shape index (κ1) is 15.7. The van der Waals surface area contributed by atoms with Crippen LogP contribution in [0.4, 0.5) is 23.4 Å². The van der Waals surface area contributed by atoms with E-state index < -0.39 is 0 Å². The van der Waals surface area contributed by atoms with Crippen molar-refractivity contribution in [3.05, 3.63) is 24.7 Å². The van der Waals surface area contributed by atoms with Gasteiger partial charge in [0.2, 0.25) is 5.95 Å². The Morgan fingerprint density at radius 3 is 2.36 bits per heavy atom. The number of anilines is 4. The van der Waals surface area contributed by atoms with Crippen molar-refractivity contribution in [2.75, 3.05) is 41.3 Å². The highest BCUT2D eigenvalue weighted by molar-refractivity contribution is 5.46. The second-order valence-electron chi connectivity index (χ2n) is 5.22. The van der Waals surface area contributed by atoms with Crippen molar-refractivity contribution < 1.29 is 0 Å². The summed E-state index contributed by atoms with van der Waals surface area (Å²) in [5.41, 5.74) is 5.52. The molecule has 0 spiro atoms. The molecule has 0 atom stereocenters. The van der Waals surface area contributed by atoms with Gasteiger partial charge in [-0.05, 0) is 12.0 Å². The van der Waals surface area contributed by atoms with Crippen LogP contribution in [0.2, 0.25) is 0 Å². The lowest BCUT2D eigenvalue weighted by atomic mass is 10.2. The first-order valence-corrected chi connectivity index (χ1v) is 7.25. The fourth-order valence-electron chi connectivity index (χ4n) is 1.71. The van der Waals surface area contributed by atoms with Crippen molar-refractivity contribution in [3.63, 3.8) is 0 Å². The standard InChI is InChI=1S/C14H22N8/c1-10(2)8-19-13-7-12(20-9-21-13)17-6-5-16-11-3-4-18-14(15)22-11/h3-4,7,9-10H,5-6,8H2,1-2H3,(H3,15,16,18,22)(H2,17,19,20,21). The van der Waals surface area contributed by atoms with Gasteiger partial charge in [0, 0.05) is 31.9 Å². The molecule has 0 aliphatic rings. The topological polar surface area (TPSA) is 114 Å². The summed E-state index contributed by atoms with van der Waals surface area (Å²) in [6.45, 7) is 6.57. The van der Waals surface area contributed by atoms with Gasteiger partial charge in [-0.1, -0.05) is 13.8 Å². The van der Waals surface area contributed by atoms with E-state index in [9.17, 15) is 0 Å². The molecule has 0 amide bonds. The van der Waals surface area contributed by atoms with E-state index in [-0.39, 0.29) is 5.95 Å². The molecule has 0 bridgehead atoms. The maximum absolute atomic E-state index is 5.52.